The van der Waals surface area contributed by atoms with E-state index in [4.69, 9.17) is 0 Å². The average molecular weight is 218 g/mol. The maximum absolute atomic E-state index is 3.61. The van der Waals surface area contributed by atoms with Gasteiger partial charge in [0.15, 0.2) is 0 Å². The Labute approximate surface area is 98.7 Å². The van der Waals surface area contributed by atoms with Gasteiger partial charge in [0.25, 0.3) is 0 Å². The SMILES string of the molecule is Cc1cccc(C)c1NC[C@@H]1CCCN1C. The first-order valence-electron chi connectivity index (χ1n) is 6.19. The molecule has 16 heavy (non-hydrogen) atoms. The Hall–Kier alpha value is -1.02. The molecule has 1 atom stereocenters. The second-order valence-corrected chi connectivity index (χ2v) is 4.92. The second-order valence-electron chi connectivity index (χ2n) is 4.92. The first kappa shape index (κ1) is 11.5. The Bertz CT molecular complexity index is 340. The highest BCUT2D eigenvalue weighted by molar-refractivity contribution is 5.56. The van der Waals surface area contributed by atoms with Crippen LogP contribution in [0.3, 0.4) is 0 Å². The standard InChI is InChI=1S/C14H22N2/c1-11-6-4-7-12(2)14(11)15-10-13-8-5-9-16(13)3/h4,6-7,13,15H,5,8-10H2,1-3H3/t13-/m0/s1. The number of likely N-dealkylation sites (tertiary alicyclic amines) is 1. The van der Waals surface area contributed by atoms with Crippen LogP contribution in [-0.4, -0.2) is 31.1 Å². The molecular formula is C14H22N2. The molecule has 0 bridgehead atoms. The summed E-state index contributed by atoms with van der Waals surface area (Å²) in [7, 11) is 2.23. The molecule has 0 aliphatic carbocycles. The van der Waals surface area contributed by atoms with Crippen molar-refractivity contribution in [3.05, 3.63) is 29.3 Å². The molecule has 2 rings (SSSR count). The molecule has 2 nitrogen and oxygen atoms in total. The lowest BCUT2D eigenvalue weighted by molar-refractivity contribution is 0.322. The molecule has 1 aliphatic rings. The summed E-state index contributed by atoms with van der Waals surface area (Å²) >= 11 is 0. The lowest BCUT2D eigenvalue weighted by atomic mass is 10.1. The van der Waals surface area contributed by atoms with Gasteiger partial charge in [-0.05, 0) is 51.4 Å². The van der Waals surface area contributed by atoms with Gasteiger partial charge in [0.05, 0.1) is 0 Å². The van der Waals surface area contributed by atoms with E-state index in [1.54, 1.807) is 0 Å². The van der Waals surface area contributed by atoms with Crippen molar-refractivity contribution < 1.29 is 0 Å². The number of nitrogens with one attached hydrogen (secondary N) is 1. The molecule has 1 N–H and O–H groups in total. The quantitative estimate of drug-likeness (QED) is 0.839. The highest BCUT2D eigenvalue weighted by Crippen LogP contribution is 2.21. The van der Waals surface area contributed by atoms with E-state index < -0.39 is 0 Å². The Kier molecular flexibility index (Phi) is 3.49. The molecular weight excluding hydrogens is 196 g/mol. The Morgan fingerprint density at radius 2 is 2.00 bits per heavy atom. The molecule has 1 saturated heterocycles. The van der Waals surface area contributed by atoms with Crippen LogP contribution >= 0.6 is 0 Å². The molecule has 1 heterocycles. The fourth-order valence-corrected chi connectivity index (χ4v) is 2.55. The zero-order valence-corrected chi connectivity index (χ0v) is 10.6. The van der Waals surface area contributed by atoms with Gasteiger partial charge in [-0.3, -0.25) is 0 Å². The van der Waals surface area contributed by atoms with Crippen molar-refractivity contribution in [2.24, 2.45) is 0 Å². The van der Waals surface area contributed by atoms with Crippen molar-refractivity contribution in [1.29, 1.82) is 0 Å². The van der Waals surface area contributed by atoms with Crippen molar-refractivity contribution in [3.8, 4) is 0 Å². The number of hydrogen-bond acceptors (Lipinski definition) is 2. The van der Waals surface area contributed by atoms with Crippen molar-refractivity contribution in [2.75, 3.05) is 25.5 Å². The molecule has 0 saturated carbocycles. The van der Waals surface area contributed by atoms with E-state index in [2.05, 4.69) is 49.3 Å². The summed E-state index contributed by atoms with van der Waals surface area (Å²) in [5.74, 6) is 0. The first-order chi connectivity index (χ1) is 7.68. The molecule has 0 unspecified atom stereocenters. The molecule has 88 valence electrons. The van der Waals surface area contributed by atoms with E-state index in [9.17, 15) is 0 Å². The third-order valence-corrected chi connectivity index (χ3v) is 3.67. The second kappa shape index (κ2) is 4.88. The van der Waals surface area contributed by atoms with Crippen LogP contribution < -0.4 is 5.32 Å². The van der Waals surface area contributed by atoms with E-state index >= 15 is 0 Å². The van der Waals surface area contributed by atoms with Crippen LogP contribution in [0.15, 0.2) is 18.2 Å². The molecule has 0 amide bonds. The maximum atomic E-state index is 3.61. The summed E-state index contributed by atoms with van der Waals surface area (Å²) in [6, 6.07) is 7.18. The molecule has 1 fully saturated rings. The summed E-state index contributed by atoms with van der Waals surface area (Å²) in [4.78, 5) is 2.46. The number of likely N-dealkylation sites (N-methyl/N-ethyl adjacent to an activating group) is 1. The van der Waals surface area contributed by atoms with Crippen LogP contribution in [0.5, 0.6) is 0 Å². The van der Waals surface area contributed by atoms with Crippen molar-refractivity contribution >= 4 is 5.69 Å². The highest BCUT2D eigenvalue weighted by Gasteiger charge is 2.20. The molecule has 1 aromatic carbocycles. The predicted octanol–water partition coefficient (Wildman–Crippen LogP) is 2.81. The molecule has 2 heteroatoms. The molecule has 1 aromatic rings. The molecule has 0 aromatic heterocycles. The van der Waals surface area contributed by atoms with Crippen LogP contribution in [0.1, 0.15) is 24.0 Å². The van der Waals surface area contributed by atoms with Gasteiger partial charge in [0.1, 0.15) is 0 Å². The number of nitrogens with zero attached hydrogens (tertiary/aromatic N) is 1. The Morgan fingerprint density at radius 3 is 2.56 bits per heavy atom. The van der Waals surface area contributed by atoms with Gasteiger partial charge in [-0.15, -0.1) is 0 Å². The maximum Gasteiger partial charge on any atom is 0.0400 e. The topological polar surface area (TPSA) is 15.3 Å². The Morgan fingerprint density at radius 1 is 1.31 bits per heavy atom. The molecule has 0 radical (unpaired) electrons. The number of aryl methyl sites for hydroxylation is 2. The van der Waals surface area contributed by atoms with Crippen molar-refractivity contribution in [1.82, 2.24) is 4.90 Å². The van der Waals surface area contributed by atoms with Crippen LogP contribution in [0.4, 0.5) is 5.69 Å². The van der Waals surface area contributed by atoms with Gasteiger partial charge in [-0.1, -0.05) is 18.2 Å². The van der Waals surface area contributed by atoms with Gasteiger partial charge < -0.3 is 10.2 Å². The third kappa shape index (κ3) is 2.38. The zero-order valence-electron chi connectivity index (χ0n) is 10.6. The number of benzene rings is 1. The minimum absolute atomic E-state index is 0.707. The minimum atomic E-state index is 0.707. The zero-order chi connectivity index (χ0) is 11.5. The van der Waals surface area contributed by atoms with E-state index in [1.807, 2.05) is 0 Å². The highest BCUT2D eigenvalue weighted by atomic mass is 15.2. The summed E-state index contributed by atoms with van der Waals surface area (Å²) in [5.41, 5.74) is 4.02. The number of hydrogen-bond donors (Lipinski definition) is 1. The minimum Gasteiger partial charge on any atom is -0.383 e. The van der Waals surface area contributed by atoms with Crippen molar-refractivity contribution in [3.63, 3.8) is 0 Å². The van der Waals surface area contributed by atoms with E-state index in [0.717, 1.165) is 6.54 Å². The summed E-state index contributed by atoms with van der Waals surface area (Å²) in [5, 5.41) is 3.61. The fraction of sp³-hybridized carbons (Fsp3) is 0.571. The smallest absolute Gasteiger partial charge is 0.0400 e. The average Bonchev–Trinajstić information content (AvgIpc) is 2.64. The molecule has 1 aliphatic heterocycles. The lowest BCUT2D eigenvalue weighted by Gasteiger charge is -2.21. The van der Waals surface area contributed by atoms with Gasteiger partial charge in [-0.2, -0.15) is 0 Å². The summed E-state index contributed by atoms with van der Waals surface area (Å²) in [6.07, 6.45) is 2.67. The summed E-state index contributed by atoms with van der Waals surface area (Å²) < 4.78 is 0. The monoisotopic (exact) mass is 218 g/mol. The van der Waals surface area contributed by atoms with Crippen LogP contribution in [0.2, 0.25) is 0 Å². The molecule has 0 spiro atoms. The third-order valence-electron chi connectivity index (χ3n) is 3.67. The van der Waals surface area contributed by atoms with E-state index in [1.165, 1.54) is 36.2 Å². The number of rotatable bonds is 3. The predicted molar refractivity (Wildman–Crippen MR) is 70.1 cm³/mol. The Balaban J connectivity index is 1.99. The van der Waals surface area contributed by atoms with Gasteiger partial charge in [0.2, 0.25) is 0 Å². The van der Waals surface area contributed by atoms with Crippen LogP contribution in [0, 0.1) is 13.8 Å². The fourth-order valence-electron chi connectivity index (χ4n) is 2.55. The first-order valence-corrected chi connectivity index (χ1v) is 6.19. The van der Waals surface area contributed by atoms with Gasteiger partial charge in [-0.25, -0.2) is 0 Å². The van der Waals surface area contributed by atoms with Gasteiger partial charge in [0, 0.05) is 18.3 Å². The normalized spacial score (nSPS) is 21.3. The van der Waals surface area contributed by atoms with E-state index in [0.29, 0.717) is 6.04 Å². The largest absolute Gasteiger partial charge is 0.383 e. The van der Waals surface area contributed by atoms with Crippen LogP contribution in [-0.2, 0) is 0 Å². The lowest BCUT2D eigenvalue weighted by Crippen LogP contribution is -2.31. The number of anilines is 1. The van der Waals surface area contributed by atoms with Crippen LogP contribution in [0.25, 0.3) is 0 Å². The summed E-state index contributed by atoms with van der Waals surface area (Å²) in [6.45, 7) is 6.67. The van der Waals surface area contributed by atoms with E-state index in [-0.39, 0.29) is 0 Å². The van der Waals surface area contributed by atoms with Gasteiger partial charge >= 0.3 is 0 Å². The van der Waals surface area contributed by atoms with Crippen molar-refractivity contribution in [2.45, 2.75) is 32.7 Å². The number of para-hydroxylation sites is 1.